The maximum absolute atomic E-state index is 11.1. The summed E-state index contributed by atoms with van der Waals surface area (Å²) >= 11 is 5.92. The van der Waals surface area contributed by atoms with E-state index in [2.05, 4.69) is 30.5 Å². The number of carbonyl (C=O) groups excluding carboxylic acids is 1. The third-order valence-electron chi connectivity index (χ3n) is 3.58. The van der Waals surface area contributed by atoms with Crippen LogP contribution >= 0.6 is 11.6 Å². The average molecular weight is 317 g/mol. The largest absolute Gasteiger partial charge is 0.326 e. The van der Waals surface area contributed by atoms with Gasteiger partial charge in [-0.3, -0.25) is 4.79 Å². The Bertz CT molecular complexity index is 640. The van der Waals surface area contributed by atoms with Gasteiger partial charge >= 0.3 is 0 Å². The number of benzene rings is 2. The molecule has 116 valence electrons. The second-order valence-corrected chi connectivity index (χ2v) is 5.90. The summed E-state index contributed by atoms with van der Waals surface area (Å²) in [6.45, 7) is 5.74. The van der Waals surface area contributed by atoms with Gasteiger partial charge in [0.15, 0.2) is 0 Å². The number of amides is 1. The number of hydrogen-bond donors (Lipinski definition) is 2. The molecule has 3 nitrogen and oxygen atoms in total. The van der Waals surface area contributed by atoms with E-state index in [1.165, 1.54) is 12.5 Å². The van der Waals surface area contributed by atoms with Crippen molar-refractivity contribution in [2.75, 3.05) is 5.32 Å². The molecule has 4 heteroatoms. The Morgan fingerprint density at radius 1 is 1.00 bits per heavy atom. The van der Waals surface area contributed by atoms with E-state index in [1.807, 2.05) is 42.5 Å². The third kappa shape index (κ3) is 4.58. The predicted molar refractivity (Wildman–Crippen MR) is 92.2 cm³/mol. The molecule has 0 fully saturated rings. The van der Waals surface area contributed by atoms with Crippen molar-refractivity contribution in [1.29, 1.82) is 0 Å². The first-order chi connectivity index (χ1) is 10.5. The van der Waals surface area contributed by atoms with Crippen LogP contribution in [0.15, 0.2) is 48.5 Å². The fraction of sp³-hybridized carbons (Fsp3) is 0.278. The summed E-state index contributed by atoms with van der Waals surface area (Å²) in [6, 6.07) is 16.1. The highest BCUT2D eigenvalue weighted by atomic mass is 35.5. The lowest BCUT2D eigenvalue weighted by molar-refractivity contribution is -0.114. The zero-order chi connectivity index (χ0) is 16.1. The third-order valence-corrected chi connectivity index (χ3v) is 3.83. The van der Waals surface area contributed by atoms with Gasteiger partial charge in [-0.1, -0.05) is 35.9 Å². The van der Waals surface area contributed by atoms with Gasteiger partial charge < -0.3 is 10.6 Å². The van der Waals surface area contributed by atoms with Crippen LogP contribution in [0.25, 0.3) is 0 Å². The number of carbonyl (C=O) groups is 1. The quantitative estimate of drug-likeness (QED) is 0.838. The molecule has 2 N–H and O–H groups in total. The summed E-state index contributed by atoms with van der Waals surface area (Å²) in [5.41, 5.74) is 3.14. The van der Waals surface area contributed by atoms with Crippen LogP contribution in [0, 0.1) is 0 Å². The fourth-order valence-electron chi connectivity index (χ4n) is 2.41. The molecule has 2 aromatic carbocycles. The van der Waals surface area contributed by atoms with Gasteiger partial charge in [0.1, 0.15) is 0 Å². The minimum absolute atomic E-state index is 0.0627. The topological polar surface area (TPSA) is 41.1 Å². The van der Waals surface area contributed by atoms with E-state index in [9.17, 15) is 4.79 Å². The van der Waals surface area contributed by atoms with Crippen LogP contribution in [0.4, 0.5) is 5.69 Å². The second-order valence-electron chi connectivity index (χ2n) is 5.47. The van der Waals surface area contributed by atoms with Crippen LogP contribution in [0.2, 0.25) is 5.02 Å². The minimum atomic E-state index is -0.0627. The molecule has 2 unspecified atom stereocenters. The molecule has 0 radical (unpaired) electrons. The molecule has 0 saturated heterocycles. The molecule has 0 saturated carbocycles. The van der Waals surface area contributed by atoms with Crippen molar-refractivity contribution in [3.63, 3.8) is 0 Å². The van der Waals surface area contributed by atoms with E-state index in [0.29, 0.717) is 0 Å². The maximum Gasteiger partial charge on any atom is 0.221 e. The van der Waals surface area contributed by atoms with Crippen molar-refractivity contribution >= 4 is 23.2 Å². The summed E-state index contributed by atoms with van der Waals surface area (Å²) in [6.07, 6.45) is 0. The summed E-state index contributed by atoms with van der Waals surface area (Å²) in [7, 11) is 0. The summed E-state index contributed by atoms with van der Waals surface area (Å²) in [5, 5.41) is 7.11. The van der Waals surface area contributed by atoms with E-state index in [1.54, 1.807) is 0 Å². The first-order valence-electron chi connectivity index (χ1n) is 7.35. The molecular formula is C18H21ClN2O. The standard InChI is InChI=1S/C18H21ClN2O/c1-12(15-7-9-17(19)10-8-15)20-13(2)16-5-4-6-18(11-16)21-14(3)22/h4-13,20H,1-3H3,(H,21,22). The summed E-state index contributed by atoms with van der Waals surface area (Å²) in [4.78, 5) is 11.1. The molecule has 0 spiro atoms. The van der Waals surface area contributed by atoms with Gasteiger partial charge in [-0.05, 0) is 49.2 Å². The summed E-state index contributed by atoms with van der Waals surface area (Å²) < 4.78 is 0. The highest BCUT2D eigenvalue weighted by Gasteiger charge is 2.11. The second kappa shape index (κ2) is 7.43. The van der Waals surface area contributed by atoms with E-state index in [-0.39, 0.29) is 18.0 Å². The van der Waals surface area contributed by atoms with Crippen molar-refractivity contribution in [3.8, 4) is 0 Å². The highest BCUT2D eigenvalue weighted by Crippen LogP contribution is 2.22. The maximum atomic E-state index is 11.1. The van der Waals surface area contributed by atoms with Crippen molar-refractivity contribution in [3.05, 3.63) is 64.7 Å². The van der Waals surface area contributed by atoms with Gasteiger partial charge in [0.25, 0.3) is 0 Å². The van der Waals surface area contributed by atoms with Gasteiger partial charge in [0.2, 0.25) is 5.91 Å². The molecule has 0 bridgehead atoms. The normalized spacial score (nSPS) is 13.5. The van der Waals surface area contributed by atoms with Gasteiger partial charge in [-0.2, -0.15) is 0 Å². The van der Waals surface area contributed by atoms with Gasteiger partial charge in [-0.25, -0.2) is 0 Å². The first kappa shape index (κ1) is 16.5. The monoisotopic (exact) mass is 316 g/mol. The first-order valence-corrected chi connectivity index (χ1v) is 7.72. The Balaban J connectivity index is 2.06. The average Bonchev–Trinajstić information content (AvgIpc) is 2.47. The molecule has 0 aliphatic carbocycles. The van der Waals surface area contributed by atoms with E-state index < -0.39 is 0 Å². The molecule has 0 heterocycles. The zero-order valence-corrected chi connectivity index (χ0v) is 13.8. The van der Waals surface area contributed by atoms with Crippen LogP contribution in [0.1, 0.15) is 44.0 Å². The fourth-order valence-corrected chi connectivity index (χ4v) is 2.53. The van der Waals surface area contributed by atoms with Crippen LogP contribution in [0.3, 0.4) is 0 Å². The molecule has 2 rings (SSSR count). The Morgan fingerprint density at radius 3 is 2.27 bits per heavy atom. The number of hydrogen-bond acceptors (Lipinski definition) is 2. The van der Waals surface area contributed by atoms with E-state index in [4.69, 9.17) is 11.6 Å². The lowest BCUT2D eigenvalue weighted by Gasteiger charge is -2.21. The van der Waals surface area contributed by atoms with Crippen LogP contribution in [-0.2, 0) is 4.79 Å². The Hall–Kier alpha value is -1.84. The molecule has 2 aromatic rings. The van der Waals surface area contributed by atoms with Gasteiger partial charge in [0.05, 0.1) is 0 Å². The van der Waals surface area contributed by atoms with Gasteiger partial charge in [-0.15, -0.1) is 0 Å². The van der Waals surface area contributed by atoms with Crippen LogP contribution in [-0.4, -0.2) is 5.91 Å². The summed E-state index contributed by atoms with van der Waals surface area (Å²) in [5.74, 6) is -0.0627. The van der Waals surface area contributed by atoms with E-state index in [0.717, 1.165) is 16.3 Å². The Kier molecular flexibility index (Phi) is 5.58. The molecule has 0 aliphatic rings. The number of halogens is 1. The molecular weight excluding hydrogens is 296 g/mol. The van der Waals surface area contributed by atoms with Gasteiger partial charge in [0, 0.05) is 29.7 Å². The van der Waals surface area contributed by atoms with E-state index >= 15 is 0 Å². The zero-order valence-electron chi connectivity index (χ0n) is 13.1. The lowest BCUT2D eigenvalue weighted by atomic mass is 10.0. The molecule has 22 heavy (non-hydrogen) atoms. The van der Waals surface area contributed by atoms with Crippen molar-refractivity contribution < 1.29 is 4.79 Å². The SMILES string of the molecule is CC(=O)Nc1cccc(C(C)NC(C)c2ccc(Cl)cc2)c1. The number of nitrogens with one attached hydrogen (secondary N) is 2. The molecule has 2 atom stereocenters. The van der Waals surface area contributed by atoms with Crippen LogP contribution in [0.5, 0.6) is 0 Å². The molecule has 0 aliphatic heterocycles. The minimum Gasteiger partial charge on any atom is -0.326 e. The van der Waals surface area contributed by atoms with Crippen molar-refractivity contribution in [1.82, 2.24) is 5.32 Å². The predicted octanol–water partition coefficient (Wildman–Crippen LogP) is 4.71. The smallest absolute Gasteiger partial charge is 0.221 e. The van der Waals surface area contributed by atoms with Crippen molar-refractivity contribution in [2.24, 2.45) is 0 Å². The number of rotatable bonds is 5. The Morgan fingerprint density at radius 2 is 1.64 bits per heavy atom. The molecule has 0 aromatic heterocycles. The highest BCUT2D eigenvalue weighted by molar-refractivity contribution is 6.30. The number of anilines is 1. The Labute approximate surface area is 136 Å². The lowest BCUT2D eigenvalue weighted by Crippen LogP contribution is -2.22. The van der Waals surface area contributed by atoms with Crippen molar-refractivity contribution in [2.45, 2.75) is 32.9 Å². The van der Waals surface area contributed by atoms with Crippen LogP contribution < -0.4 is 10.6 Å². The molecule has 1 amide bonds.